The molecule has 0 spiro atoms. The van der Waals surface area contributed by atoms with Crippen LogP contribution in [0.15, 0.2) is 36.2 Å². The van der Waals surface area contributed by atoms with Crippen molar-refractivity contribution in [2.24, 2.45) is 23.7 Å². The molecule has 0 bridgehead atoms. The molecule has 2 aliphatic carbocycles. The average Bonchev–Trinajstić information content (AvgIpc) is 2.84. The Kier molecular flexibility index (Phi) is 10.8. The predicted octanol–water partition coefficient (Wildman–Crippen LogP) is 9.12. The lowest BCUT2D eigenvalue weighted by Crippen LogP contribution is -2.25. The second kappa shape index (κ2) is 13.8. The van der Waals surface area contributed by atoms with Crippen LogP contribution in [0, 0.1) is 35.0 Å². The second-order valence-corrected chi connectivity index (χ2v) is 10.6. The highest BCUT2D eigenvalue weighted by molar-refractivity contribution is 5.22. The van der Waals surface area contributed by atoms with E-state index in [1.54, 1.807) is 12.1 Å². The van der Waals surface area contributed by atoms with E-state index in [-0.39, 0.29) is 0 Å². The van der Waals surface area contributed by atoms with Crippen LogP contribution in [0.2, 0.25) is 0 Å². The molecule has 0 aliphatic heterocycles. The number of rotatable bonds is 11. The van der Waals surface area contributed by atoms with E-state index in [0.29, 0.717) is 5.92 Å². The van der Waals surface area contributed by atoms with Gasteiger partial charge in [-0.3, -0.25) is 0 Å². The zero-order valence-corrected chi connectivity index (χ0v) is 20.3. The highest BCUT2D eigenvalue weighted by Crippen LogP contribution is 2.42. The Bertz CT molecular complexity index is 712. The molecule has 2 aliphatic rings. The van der Waals surface area contributed by atoms with Crippen LogP contribution in [-0.4, -0.2) is 0 Å². The number of hydrogen-bond donors (Lipinski definition) is 0. The third kappa shape index (κ3) is 8.38. The number of hydrogen-bond acceptors (Lipinski definition) is 1. The van der Waals surface area contributed by atoms with Crippen molar-refractivity contribution < 1.29 is 4.39 Å². The van der Waals surface area contributed by atoms with E-state index in [2.05, 4.69) is 31.2 Å². The first kappa shape index (κ1) is 25.0. The molecule has 1 nitrogen and oxygen atoms in total. The van der Waals surface area contributed by atoms with Crippen LogP contribution in [0.4, 0.5) is 4.39 Å². The quantitative estimate of drug-likeness (QED) is 0.250. The van der Waals surface area contributed by atoms with E-state index in [0.717, 1.165) is 30.6 Å². The second-order valence-electron chi connectivity index (χ2n) is 10.6. The standard InChI is InChI=1S/C30H44FN/c1-2-3-4-7-24-10-12-25(13-11-24)8-5-6-9-26-14-18-28(19-15-26)29-20-16-27(17-21-29)22-30(31)23-32/h10-13,22,26-29H,2-9,14-21H2,1H3. The van der Waals surface area contributed by atoms with Gasteiger partial charge in [-0.15, -0.1) is 0 Å². The highest BCUT2D eigenvalue weighted by Gasteiger charge is 2.30. The van der Waals surface area contributed by atoms with Gasteiger partial charge in [0.15, 0.2) is 5.83 Å². The smallest absolute Gasteiger partial charge is 0.195 e. The lowest BCUT2D eigenvalue weighted by molar-refractivity contribution is 0.151. The molecule has 0 radical (unpaired) electrons. The maximum Gasteiger partial charge on any atom is 0.196 e. The fraction of sp³-hybridized carbons (Fsp3) is 0.700. The van der Waals surface area contributed by atoms with E-state index in [4.69, 9.17) is 5.26 Å². The van der Waals surface area contributed by atoms with Gasteiger partial charge >= 0.3 is 0 Å². The van der Waals surface area contributed by atoms with Crippen molar-refractivity contribution in [2.75, 3.05) is 0 Å². The first-order chi connectivity index (χ1) is 15.7. The normalized spacial score (nSPS) is 26.6. The van der Waals surface area contributed by atoms with Crippen LogP contribution in [0.25, 0.3) is 0 Å². The molecule has 2 saturated carbocycles. The summed E-state index contributed by atoms with van der Waals surface area (Å²) in [6.07, 6.45) is 22.3. The van der Waals surface area contributed by atoms with Crippen molar-refractivity contribution in [1.82, 2.24) is 0 Å². The van der Waals surface area contributed by atoms with E-state index in [1.807, 2.05) is 0 Å². The Hall–Kier alpha value is -1.62. The Morgan fingerprint density at radius 3 is 1.91 bits per heavy atom. The molecule has 2 heteroatoms. The zero-order chi connectivity index (χ0) is 22.6. The van der Waals surface area contributed by atoms with Crippen LogP contribution >= 0.6 is 0 Å². The van der Waals surface area contributed by atoms with Crippen molar-refractivity contribution in [3.8, 4) is 6.07 Å². The molecule has 0 unspecified atom stereocenters. The van der Waals surface area contributed by atoms with Gasteiger partial charge in [0, 0.05) is 0 Å². The van der Waals surface area contributed by atoms with Gasteiger partial charge in [-0.1, -0.05) is 69.7 Å². The van der Waals surface area contributed by atoms with Crippen LogP contribution < -0.4 is 0 Å². The van der Waals surface area contributed by atoms with Crippen LogP contribution in [-0.2, 0) is 12.8 Å². The first-order valence-corrected chi connectivity index (χ1v) is 13.5. The van der Waals surface area contributed by atoms with E-state index >= 15 is 0 Å². The lowest BCUT2D eigenvalue weighted by Gasteiger charge is -2.37. The first-order valence-electron chi connectivity index (χ1n) is 13.5. The molecule has 0 atom stereocenters. The van der Waals surface area contributed by atoms with E-state index < -0.39 is 5.83 Å². The molecule has 0 heterocycles. The number of aryl methyl sites for hydroxylation is 2. The fourth-order valence-corrected chi connectivity index (χ4v) is 6.19. The zero-order valence-electron chi connectivity index (χ0n) is 20.3. The Morgan fingerprint density at radius 2 is 1.38 bits per heavy atom. The van der Waals surface area contributed by atoms with Crippen molar-refractivity contribution in [3.63, 3.8) is 0 Å². The molecule has 32 heavy (non-hydrogen) atoms. The van der Waals surface area contributed by atoms with Crippen molar-refractivity contribution >= 4 is 0 Å². The van der Waals surface area contributed by atoms with Crippen LogP contribution in [0.5, 0.6) is 0 Å². The highest BCUT2D eigenvalue weighted by atomic mass is 19.1. The maximum absolute atomic E-state index is 13.2. The summed E-state index contributed by atoms with van der Waals surface area (Å²) < 4.78 is 13.2. The predicted molar refractivity (Wildman–Crippen MR) is 133 cm³/mol. The minimum Gasteiger partial charge on any atom is -0.195 e. The summed E-state index contributed by atoms with van der Waals surface area (Å²) in [6.45, 7) is 2.27. The van der Waals surface area contributed by atoms with Crippen LogP contribution in [0.1, 0.15) is 108 Å². The molecule has 3 rings (SSSR count). The van der Waals surface area contributed by atoms with Gasteiger partial charge in [0.2, 0.25) is 0 Å². The molecule has 0 N–H and O–H groups in total. The molecule has 2 fully saturated rings. The summed E-state index contributed by atoms with van der Waals surface area (Å²) in [5.41, 5.74) is 3.01. The molecular weight excluding hydrogens is 393 g/mol. The third-order valence-electron chi connectivity index (χ3n) is 8.28. The van der Waals surface area contributed by atoms with Crippen molar-refractivity contribution in [3.05, 3.63) is 47.3 Å². The molecule has 0 aromatic heterocycles. The molecule has 1 aromatic carbocycles. The molecule has 176 valence electrons. The average molecular weight is 438 g/mol. The summed E-state index contributed by atoms with van der Waals surface area (Å²) in [5, 5.41) is 8.63. The number of unbranched alkanes of at least 4 members (excludes halogenated alkanes) is 3. The SMILES string of the molecule is CCCCCc1ccc(CCCCC2CCC(C3CCC(C=C(F)C#N)CC3)CC2)cc1. The summed E-state index contributed by atoms with van der Waals surface area (Å²) in [7, 11) is 0. The van der Waals surface area contributed by atoms with Crippen molar-refractivity contribution in [1.29, 1.82) is 5.26 Å². The Balaban J connectivity index is 1.26. The fourth-order valence-electron chi connectivity index (χ4n) is 6.19. The largest absolute Gasteiger partial charge is 0.196 e. The maximum atomic E-state index is 13.2. The van der Waals surface area contributed by atoms with Gasteiger partial charge in [-0.25, -0.2) is 0 Å². The summed E-state index contributed by atoms with van der Waals surface area (Å²) in [5.74, 6) is 2.38. The summed E-state index contributed by atoms with van der Waals surface area (Å²) in [4.78, 5) is 0. The topological polar surface area (TPSA) is 23.8 Å². The summed E-state index contributed by atoms with van der Waals surface area (Å²) >= 11 is 0. The molecular formula is C30H44FN. The van der Waals surface area contributed by atoms with Crippen molar-refractivity contribution in [2.45, 2.75) is 110 Å². The minimum atomic E-state index is -0.589. The van der Waals surface area contributed by atoms with Gasteiger partial charge in [-0.05, 0) is 105 Å². The molecule has 1 aromatic rings. The number of halogens is 1. The third-order valence-corrected chi connectivity index (χ3v) is 8.28. The Labute approximate surface area is 196 Å². The van der Waals surface area contributed by atoms with Gasteiger partial charge in [-0.2, -0.15) is 9.65 Å². The summed E-state index contributed by atoms with van der Waals surface area (Å²) in [6, 6.07) is 11.0. The molecule has 0 amide bonds. The monoisotopic (exact) mass is 437 g/mol. The number of benzene rings is 1. The van der Waals surface area contributed by atoms with Crippen LogP contribution in [0.3, 0.4) is 0 Å². The number of allylic oxidation sites excluding steroid dienone is 2. The Morgan fingerprint density at radius 1 is 0.844 bits per heavy atom. The van der Waals surface area contributed by atoms with Gasteiger partial charge in [0.1, 0.15) is 6.07 Å². The van der Waals surface area contributed by atoms with Gasteiger partial charge < -0.3 is 0 Å². The van der Waals surface area contributed by atoms with E-state index in [9.17, 15) is 4.39 Å². The van der Waals surface area contributed by atoms with Gasteiger partial charge in [0.05, 0.1) is 0 Å². The van der Waals surface area contributed by atoms with Gasteiger partial charge in [0.25, 0.3) is 0 Å². The number of nitrogens with zero attached hydrogens (tertiary/aromatic N) is 1. The minimum absolute atomic E-state index is 0.291. The van der Waals surface area contributed by atoms with E-state index in [1.165, 1.54) is 101 Å². The number of nitriles is 1. The molecule has 0 saturated heterocycles. The lowest BCUT2D eigenvalue weighted by atomic mass is 9.68.